The summed E-state index contributed by atoms with van der Waals surface area (Å²) in [6.07, 6.45) is 3.34. The van der Waals surface area contributed by atoms with E-state index < -0.39 is 6.10 Å². The first-order chi connectivity index (χ1) is 16.6. The number of hydrogen-bond donors (Lipinski definition) is 1. The fraction of sp³-hybridized carbons (Fsp3) is 0.370. The third kappa shape index (κ3) is 6.05. The molecular formula is C27H33N3O4. The molecular weight excluding hydrogens is 430 g/mol. The molecule has 0 bridgehead atoms. The number of methoxy groups -OCH3 is 1. The number of ether oxygens (including phenoxy) is 3. The van der Waals surface area contributed by atoms with Gasteiger partial charge in [0.05, 0.1) is 32.0 Å². The van der Waals surface area contributed by atoms with Gasteiger partial charge in [-0.1, -0.05) is 42.5 Å². The van der Waals surface area contributed by atoms with Gasteiger partial charge in [0.1, 0.15) is 17.2 Å². The van der Waals surface area contributed by atoms with Crippen molar-refractivity contribution in [2.75, 3.05) is 26.9 Å². The number of rotatable bonds is 13. The number of aromatic nitrogens is 2. The van der Waals surface area contributed by atoms with Crippen LogP contribution in [0.2, 0.25) is 0 Å². The second kappa shape index (κ2) is 11.3. The van der Waals surface area contributed by atoms with E-state index in [1.54, 1.807) is 17.9 Å². The second-order valence-corrected chi connectivity index (χ2v) is 8.54. The van der Waals surface area contributed by atoms with Gasteiger partial charge in [-0.05, 0) is 25.0 Å². The monoisotopic (exact) mass is 463 g/mol. The van der Waals surface area contributed by atoms with Gasteiger partial charge in [0, 0.05) is 37.8 Å². The van der Waals surface area contributed by atoms with E-state index in [1.807, 2.05) is 49.5 Å². The number of aliphatic hydroxyl groups is 1. The first-order valence-corrected chi connectivity index (χ1v) is 11.6. The molecule has 0 amide bonds. The Bertz CT molecular complexity index is 1080. The van der Waals surface area contributed by atoms with Crippen molar-refractivity contribution in [1.82, 2.24) is 14.7 Å². The molecule has 1 aromatic heterocycles. The molecule has 180 valence electrons. The fourth-order valence-electron chi connectivity index (χ4n) is 4.02. The normalized spacial score (nSPS) is 14.2. The topological polar surface area (TPSA) is 69.0 Å². The van der Waals surface area contributed by atoms with Gasteiger partial charge in [-0.3, -0.25) is 4.90 Å². The Kier molecular flexibility index (Phi) is 8.00. The molecule has 4 rings (SSSR count). The summed E-state index contributed by atoms with van der Waals surface area (Å²) in [6, 6.07) is 18.1. The number of aryl methyl sites for hydroxylation is 1. The molecule has 34 heavy (non-hydrogen) atoms. The summed E-state index contributed by atoms with van der Waals surface area (Å²) < 4.78 is 19.0. The van der Waals surface area contributed by atoms with E-state index in [1.165, 1.54) is 0 Å². The van der Waals surface area contributed by atoms with Gasteiger partial charge in [0.2, 0.25) is 5.88 Å². The minimum Gasteiger partial charge on any atom is -0.497 e. The maximum Gasteiger partial charge on any atom is 0.222 e. The fourth-order valence-corrected chi connectivity index (χ4v) is 4.02. The number of aliphatic hydroxyl groups excluding tert-OH is 1. The van der Waals surface area contributed by atoms with Crippen molar-refractivity contribution in [3.8, 4) is 28.6 Å². The van der Waals surface area contributed by atoms with Crippen molar-refractivity contribution in [1.29, 1.82) is 0 Å². The van der Waals surface area contributed by atoms with E-state index in [-0.39, 0.29) is 6.61 Å². The average Bonchev–Trinajstić information content (AvgIpc) is 3.66. The van der Waals surface area contributed by atoms with Crippen molar-refractivity contribution >= 4 is 0 Å². The zero-order valence-corrected chi connectivity index (χ0v) is 19.9. The molecule has 3 aromatic rings. The molecule has 2 aromatic carbocycles. The van der Waals surface area contributed by atoms with Crippen molar-refractivity contribution in [2.45, 2.75) is 31.5 Å². The number of hydrogen-bond acceptors (Lipinski definition) is 6. The van der Waals surface area contributed by atoms with Gasteiger partial charge in [-0.25, -0.2) is 4.68 Å². The molecule has 1 aliphatic carbocycles. The van der Waals surface area contributed by atoms with Gasteiger partial charge in [0.25, 0.3) is 0 Å². The van der Waals surface area contributed by atoms with E-state index in [9.17, 15) is 5.11 Å². The van der Waals surface area contributed by atoms with Crippen LogP contribution in [0.25, 0.3) is 11.3 Å². The molecule has 1 unspecified atom stereocenters. The van der Waals surface area contributed by atoms with Gasteiger partial charge in [-0.15, -0.1) is 6.58 Å². The Morgan fingerprint density at radius 1 is 1.18 bits per heavy atom. The molecule has 0 aliphatic heterocycles. The Labute approximate surface area is 201 Å². The van der Waals surface area contributed by atoms with Gasteiger partial charge in [0.15, 0.2) is 0 Å². The Morgan fingerprint density at radius 2 is 1.94 bits per heavy atom. The van der Waals surface area contributed by atoms with Gasteiger partial charge < -0.3 is 19.3 Å². The standard InChI is InChI=1S/C27H33N3O4/c1-4-15-33-19-22(31)17-30(21-13-14-21)18-25-26(20-9-6-5-7-10-20)28-29(2)27(25)34-24-12-8-11-23(16-24)32-3/h4-12,16,21-22,31H,1,13-15,17-19H2,2-3H3. The van der Waals surface area contributed by atoms with Gasteiger partial charge >= 0.3 is 0 Å². The highest BCUT2D eigenvalue weighted by Crippen LogP contribution is 2.37. The molecule has 7 heteroatoms. The average molecular weight is 464 g/mol. The molecule has 0 spiro atoms. The molecule has 1 fully saturated rings. The van der Waals surface area contributed by atoms with Crippen LogP contribution in [0.5, 0.6) is 17.4 Å². The van der Waals surface area contributed by atoms with E-state index >= 15 is 0 Å². The van der Waals surface area contributed by atoms with Crippen molar-refractivity contribution in [3.05, 3.63) is 72.8 Å². The Balaban J connectivity index is 1.64. The summed E-state index contributed by atoms with van der Waals surface area (Å²) >= 11 is 0. The summed E-state index contributed by atoms with van der Waals surface area (Å²) in [4.78, 5) is 2.31. The molecule has 1 aliphatic rings. The summed E-state index contributed by atoms with van der Waals surface area (Å²) in [6.45, 7) is 5.50. The van der Waals surface area contributed by atoms with Crippen molar-refractivity contribution in [2.24, 2.45) is 7.05 Å². The summed E-state index contributed by atoms with van der Waals surface area (Å²) in [5.41, 5.74) is 2.89. The molecule has 0 saturated heterocycles. The van der Waals surface area contributed by atoms with Crippen LogP contribution in [0.15, 0.2) is 67.3 Å². The lowest BCUT2D eigenvalue weighted by molar-refractivity contribution is 0.0227. The number of benzene rings is 2. The van der Waals surface area contributed by atoms with Crippen LogP contribution >= 0.6 is 0 Å². The second-order valence-electron chi connectivity index (χ2n) is 8.54. The minimum absolute atomic E-state index is 0.279. The lowest BCUT2D eigenvalue weighted by Crippen LogP contribution is -2.36. The zero-order valence-electron chi connectivity index (χ0n) is 19.9. The van der Waals surface area contributed by atoms with E-state index in [0.717, 1.165) is 35.4 Å². The molecule has 0 radical (unpaired) electrons. The van der Waals surface area contributed by atoms with E-state index in [0.29, 0.717) is 37.4 Å². The third-order valence-electron chi connectivity index (χ3n) is 5.81. The maximum absolute atomic E-state index is 10.6. The lowest BCUT2D eigenvalue weighted by Gasteiger charge is -2.25. The highest BCUT2D eigenvalue weighted by Gasteiger charge is 2.33. The highest BCUT2D eigenvalue weighted by atomic mass is 16.5. The van der Waals surface area contributed by atoms with Crippen LogP contribution < -0.4 is 9.47 Å². The Morgan fingerprint density at radius 3 is 2.65 bits per heavy atom. The van der Waals surface area contributed by atoms with Crippen LogP contribution in [0.4, 0.5) is 0 Å². The summed E-state index contributed by atoms with van der Waals surface area (Å²) in [5.74, 6) is 2.08. The predicted octanol–water partition coefficient (Wildman–Crippen LogP) is 4.42. The highest BCUT2D eigenvalue weighted by molar-refractivity contribution is 5.65. The third-order valence-corrected chi connectivity index (χ3v) is 5.81. The van der Waals surface area contributed by atoms with Crippen molar-refractivity contribution < 1.29 is 19.3 Å². The first kappa shape index (κ1) is 24.0. The molecule has 1 N–H and O–H groups in total. The Hall–Kier alpha value is -3.13. The molecule has 1 saturated carbocycles. The van der Waals surface area contributed by atoms with Gasteiger partial charge in [-0.2, -0.15) is 5.10 Å². The van der Waals surface area contributed by atoms with E-state index in [2.05, 4.69) is 23.6 Å². The van der Waals surface area contributed by atoms with Crippen molar-refractivity contribution in [3.63, 3.8) is 0 Å². The quantitative estimate of drug-likeness (QED) is 0.299. The first-order valence-electron chi connectivity index (χ1n) is 11.6. The smallest absolute Gasteiger partial charge is 0.222 e. The largest absolute Gasteiger partial charge is 0.497 e. The molecule has 1 heterocycles. The van der Waals surface area contributed by atoms with Crippen LogP contribution in [-0.4, -0.2) is 58.8 Å². The maximum atomic E-state index is 10.6. The lowest BCUT2D eigenvalue weighted by atomic mass is 10.1. The molecule has 7 nitrogen and oxygen atoms in total. The summed E-state index contributed by atoms with van der Waals surface area (Å²) in [7, 11) is 3.53. The number of nitrogens with zero attached hydrogens (tertiary/aromatic N) is 3. The van der Waals surface area contributed by atoms with Crippen LogP contribution in [0.3, 0.4) is 0 Å². The van der Waals surface area contributed by atoms with E-state index in [4.69, 9.17) is 19.3 Å². The van der Waals surface area contributed by atoms with Crippen LogP contribution in [-0.2, 0) is 18.3 Å². The molecule has 1 atom stereocenters. The zero-order chi connectivity index (χ0) is 23.9. The minimum atomic E-state index is -0.583. The predicted molar refractivity (Wildman–Crippen MR) is 132 cm³/mol. The van der Waals surface area contributed by atoms with Crippen LogP contribution in [0.1, 0.15) is 18.4 Å². The van der Waals surface area contributed by atoms with Crippen LogP contribution in [0, 0.1) is 0 Å². The summed E-state index contributed by atoms with van der Waals surface area (Å²) in [5, 5.41) is 15.4. The SMILES string of the molecule is C=CCOCC(O)CN(Cc1c(-c2ccccc2)nn(C)c1Oc1cccc(OC)c1)C1CC1.